The van der Waals surface area contributed by atoms with Gasteiger partial charge < -0.3 is 20.2 Å². The van der Waals surface area contributed by atoms with Gasteiger partial charge in [-0.15, -0.1) is 10.2 Å². The Morgan fingerprint density at radius 3 is 2.37 bits per heavy atom. The number of halogens is 6. The predicted octanol–water partition coefficient (Wildman–Crippen LogP) is 5.01. The van der Waals surface area contributed by atoms with E-state index in [9.17, 15) is 36.2 Å². The molecular formula is C24H23F6N5O3. The molecule has 0 unspecified atom stereocenters. The summed E-state index contributed by atoms with van der Waals surface area (Å²) in [6.45, 7) is 1.69. The number of nitrogen functional groups attached to an aromatic ring is 1. The highest BCUT2D eigenvalue weighted by atomic mass is 19.4. The number of alkyl halides is 6. The molecule has 0 radical (unpaired) electrons. The monoisotopic (exact) mass is 543 g/mol. The largest absolute Gasteiger partial charge is 0.426 e. The van der Waals surface area contributed by atoms with Crippen LogP contribution in [0, 0.1) is 6.92 Å². The number of benzene rings is 1. The first-order valence-corrected chi connectivity index (χ1v) is 11.6. The number of hydrogen-bond acceptors (Lipinski definition) is 7. The minimum atomic E-state index is -5.19. The number of nitrogens with zero attached hydrogens (tertiary/aromatic N) is 4. The minimum absolute atomic E-state index is 0.0744. The lowest BCUT2D eigenvalue weighted by Gasteiger charge is -2.27. The van der Waals surface area contributed by atoms with Crippen molar-refractivity contribution in [1.29, 1.82) is 0 Å². The highest BCUT2D eigenvalue weighted by Gasteiger charge is 2.58. The van der Waals surface area contributed by atoms with Gasteiger partial charge in [0.15, 0.2) is 5.69 Å². The number of amides is 1. The molecule has 1 aromatic carbocycles. The Labute approximate surface area is 212 Å². The molecular weight excluding hydrogens is 520 g/mol. The first-order valence-electron chi connectivity index (χ1n) is 11.6. The van der Waals surface area contributed by atoms with E-state index in [1.165, 1.54) is 0 Å². The molecule has 0 saturated carbocycles. The number of aromatic nitrogens is 3. The molecule has 1 amide bonds. The van der Waals surface area contributed by atoms with E-state index in [1.807, 2.05) is 6.92 Å². The summed E-state index contributed by atoms with van der Waals surface area (Å²) in [4.78, 5) is 18.4. The molecule has 1 aliphatic rings. The first kappa shape index (κ1) is 27.4. The van der Waals surface area contributed by atoms with Crippen LogP contribution in [0.2, 0.25) is 0 Å². The third-order valence-corrected chi connectivity index (χ3v) is 6.26. The molecule has 0 saturated heterocycles. The van der Waals surface area contributed by atoms with Crippen LogP contribution >= 0.6 is 0 Å². The topological polar surface area (TPSA) is 118 Å². The van der Waals surface area contributed by atoms with Crippen molar-refractivity contribution < 1.29 is 40.7 Å². The fraction of sp³-hybridized carbons (Fsp3) is 0.417. The molecule has 3 N–H and O–H groups in total. The normalized spacial score (nSPS) is 19.4. The van der Waals surface area contributed by atoms with E-state index in [0.717, 1.165) is 10.5 Å². The van der Waals surface area contributed by atoms with E-state index < -0.39 is 64.7 Å². The van der Waals surface area contributed by atoms with Gasteiger partial charge in [0.1, 0.15) is 5.69 Å². The Hall–Kier alpha value is -3.68. The van der Waals surface area contributed by atoms with Gasteiger partial charge in [0, 0.05) is 13.1 Å². The molecule has 0 spiro atoms. The predicted molar refractivity (Wildman–Crippen MR) is 121 cm³/mol. The van der Waals surface area contributed by atoms with Gasteiger partial charge in [-0.3, -0.25) is 4.79 Å². The summed E-state index contributed by atoms with van der Waals surface area (Å²) < 4.78 is 88.4. The van der Waals surface area contributed by atoms with Crippen molar-refractivity contribution in [3.8, 4) is 11.6 Å². The molecule has 4 bridgehead atoms. The summed E-state index contributed by atoms with van der Waals surface area (Å²) in [7, 11) is 0. The van der Waals surface area contributed by atoms with Gasteiger partial charge in [-0.05, 0) is 37.8 Å². The second kappa shape index (κ2) is 9.89. The second-order valence-corrected chi connectivity index (χ2v) is 9.11. The molecule has 38 heavy (non-hydrogen) atoms. The summed E-state index contributed by atoms with van der Waals surface area (Å²) in [5.41, 5.74) is 0.0950. The molecule has 14 heteroatoms. The lowest BCUT2D eigenvalue weighted by Crippen LogP contribution is -2.42. The van der Waals surface area contributed by atoms with E-state index in [-0.39, 0.29) is 32.4 Å². The van der Waals surface area contributed by atoms with E-state index in [1.54, 1.807) is 24.3 Å². The quantitative estimate of drug-likeness (QED) is 0.437. The van der Waals surface area contributed by atoms with Crippen molar-refractivity contribution in [2.24, 2.45) is 0 Å². The van der Waals surface area contributed by atoms with Crippen molar-refractivity contribution in [2.75, 3.05) is 12.3 Å². The summed E-state index contributed by atoms with van der Waals surface area (Å²) >= 11 is 0. The zero-order valence-electron chi connectivity index (χ0n) is 20.0. The molecule has 3 aromatic rings. The van der Waals surface area contributed by atoms with Crippen LogP contribution in [-0.4, -0.2) is 43.8 Å². The minimum Gasteiger partial charge on any atom is -0.416 e. The third kappa shape index (κ3) is 5.30. The highest BCUT2D eigenvalue weighted by molar-refractivity contribution is 5.95. The number of hydrogen-bond donors (Lipinski definition) is 2. The molecule has 1 aliphatic heterocycles. The number of fused-ring (bicyclic) bond motifs is 5. The number of carbonyl (C=O) groups excluding carboxylic acids is 1. The van der Waals surface area contributed by atoms with Crippen LogP contribution in [0.3, 0.4) is 0 Å². The van der Waals surface area contributed by atoms with Crippen molar-refractivity contribution >= 4 is 11.6 Å². The number of aryl methyl sites for hydroxylation is 1. The summed E-state index contributed by atoms with van der Waals surface area (Å²) in [6.07, 6.45) is -10.9. The molecule has 2 aromatic heterocycles. The fourth-order valence-corrected chi connectivity index (χ4v) is 4.11. The van der Waals surface area contributed by atoms with Crippen molar-refractivity contribution in [3.63, 3.8) is 0 Å². The highest BCUT2D eigenvalue weighted by Crippen LogP contribution is 2.43. The van der Waals surface area contributed by atoms with Crippen LogP contribution < -0.4 is 5.73 Å². The van der Waals surface area contributed by atoms with Crippen molar-refractivity contribution in [2.45, 2.75) is 57.1 Å². The zero-order valence-corrected chi connectivity index (χ0v) is 20.0. The molecule has 0 fully saturated rings. The van der Waals surface area contributed by atoms with Gasteiger partial charge in [0.25, 0.3) is 17.7 Å². The van der Waals surface area contributed by atoms with Gasteiger partial charge in [-0.25, -0.2) is 4.98 Å². The smallest absolute Gasteiger partial charge is 0.416 e. The average Bonchev–Trinajstić information content (AvgIpc) is 3.32. The Morgan fingerprint density at radius 1 is 1.05 bits per heavy atom. The van der Waals surface area contributed by atoms with E-state index in [2.05, 4.69) is 15.2 Å². The van der Waals surface area contributed by atoms with Gasteiger partial charge in [0.05, 0.1) is 11.3 Å². The van der Waals surface area contributed by atoms with E-state index in [4.69, 9.17) is 10.2 Å². The summed E-state index contributed by atoms with van der Waals surface area (Å²) in [6, 6.07) is 7.42. The molecule has 1 atom stereocenters. The number of carbonyl (C=O) groups is 1. The molecule has 4 rings (SSSR count). The SMILES string of the molecule is Cc1ccc(CN2CCCCC[C@](O)(C(F)(F)F)c3nnc(o3)-c3nc(c(C(F)(F)F)cc3N)C2=O)cc1. The van der Waals surface area contributed by atoms with Crippen LogP contribution in [0.15, 0.2) is 34.7 Å². The lowest BCUT2D eigenvalue weighted by molar-refractivity contribution is -0.277. The Kier molecular flexibility index (Phi) is 7.12. The second-order valence-electron chi connectivity index (χ2n) is 9.11. The molecule has 204 valence electrons. The van der Waals surface area contributed by atoms with Crippen LogP contribution in [0.25, 0.3) is 11.6 Å². The standard InChI is InChI=1S/C24H23F6N5O3/c1-13-5-7-14(8-6-13)12-35-10-4-2-3-9-22(37,24(28,29)30)21-34-33-19(38-21)18-16(31)11-15(23(25,26)27)17(32-18)20(35)36/h5-8,11,37H,2-4,9-10,12,31H2,1H3/t22-/m1/s1. The maximum atomic E-state index is 13.9. The van der Waals surface area contributed by atoms with Crippen molar-refractivity contribution in [1.82, 2.24) is 20.1 Å². The van der Waals surface area contributed by atoms with Gasteiger partial charge >= 0.3 is 12.4 Å². The molecule has 3 heterocycles. The van der Waals surface area contributed by atoms with Gasteiger partial charge in [-0.1, -0.05) is 36.2 Å². The zero-order chi connectivity index (χ0) is 27.9. The van der Waals surface area contributed by atoms with Crippen LogP contribution in [0.5, 0.6) is 0 Å². The van der Waals surface area contributed by atoms with Crippen LogP contribution in [-0.2, 0) is 18.3 Å². The Balaban J connectivity index is 1.87. The lowest BCUT2D eigenvalue weighted by atomic mass is 9.95. The molecule has 8 nitrogen and oxygen atoms in total. The maximum Gasteiger partial charge on any atom is 0.426 e. The number of rotatable bonds is 2. The number of pyridine rings is 1. The number of anilines is 1. The average molecular weight is 543 g/mol. The summed E-state index contributed by atoms with van der Waals surface area (Å²) in [5, 5.41) is 17.2. The van der Waals surface area contributed by atoms with Crippen LogP contribution in [0.1, 0.15) is 58.8 Å². The summed E-state index contributed by atoms with van der Waals surface area (Å²) in [5.74, 6) is -3.03. The number of aliphatic hydroxyl groups is 1. The third-order valence-electron chi connectivity index (χ3n) is 6.26. The van der Waals surface area contributed by atoms with Gasteiger partial charge in [0.2, 0.25) is 5.60 Å². The van der Waals surface area contributed by atoms with Crippen molar-refractivity contribution in [3.05, 3.63) is 58.6 Å². The van der Waals surface area contributed by atoms with Crippen LogP contribution in [0.4, 0.5) is 32.0 Å². The number of nitrogens with two attached hydrogens (primary N) is 1. The fourth-order valence-electron chi connectivity index (χ4n) is 4.11. The maximum absolute atomic E-state index is 13.9. The van der Waals surface area contributed by atoms with E-state index >= 15 is 0 Å². The Morgan fingerprint density at radius 2 is 1.74 bits per heavy atom. The van der Waals surface area contributed by atoms with E-state index in [0.29, 0.717) is 11.6 Å². The Bertz CT molecular complexity index is 1320. The van der Waals surface area contributed by atoms with Gasteiger partial charge in [-0.2, -0.15) is 26.3 Å². The molecule has 0 aliphatic carbocycles. The first-order chi connectivity index (χ1) is 17.7.